The summed E-state index contributed by atoms with van der Waals surface area (Å²) in [5.74, 6) is -0.117. The van der Waals surface area contributed by atoms with Gasteiger partial charge in [-0.05, 0) is 6.07 Å². The number of aromatic nitrogens is 4. The number of benzene rings is 1. The molecule has 0 bridgehead atoms. The maximum Gasteiger partial charge on any atom is 0.357 e. The fourth-order valence-corrected chi connectivity index (χ4v) is 2.42. The summed E-state index contributed by atoms with van der Waals surface area (Å²) >= 11 is 0. The molecule has 9 heteroatoms. The molecule has 2 heterocycles. The molecule has 3 rings (SSSR count). The number of esters is 1. The smallest absolute Gasteiger partial charge is 0.357 e. The minimum atomic E-state index is -0.649. The predicted octanol–water partition coefficient (Wildman–Crippen LogP) is 1.31. The number of nitrogen functional groups attached to an aromatic ring is 1. The van der Waals surface area contributed by atoms with E-state index < -0.39 is 5.97 Å². The van der Waals surface area contributed by atoms with E-state index >= 15 is 0 Å². The van der Waals surface area contributed by atoms with Gasteiger partial charge in [0.05, 0.1) is 36.8 Å². The Morgan fingerprint density at radius 2 is 2.04 bits per heavy atom. The van der Waals surface area contributed by atoms with Crippen molar-refractivity contribution in [3.05, 3.63) is 48.3 Å². The lowest BCUT2D eigenvalue weighted by Crippen LogP contribution is -2.11. The average molecular weight is 338 g/mol. The molecule has 0 aliphatic carbocycles. The summed E-state index contributed by atoms with van der Waals surface area (Å²) < 4.78 is 13.1. The minimum absolute atomic E-state index is 0.0551. The molecule has 126 valence electrons. The number of nitrogens with two attached hydrogens (primary N) is 1. The van der Waals surface area contributed by atoms with E-state index in [1.54, 1.807) is 22.9 Å². The van der Waals surface area contributed by atoms with Crippen LogP contribution in [0.1, 0.15) is 16.1 Å². The number of carbonyl (C=O) groups is 1. The van der Waals surface area contributed by atoms with E-state index in [1.165, 1.54) is 37.6 Å². The topological polar surface area (TPSA) is 121 Å². The van der Waals surface area contributed by atoms with Gasteiger partial charge in [0.15, 0.2) is 5.69 Å². The van der Waals surface area contributed by atoms with E-state index in [0.717, 1.165) is 0 Å². The Bertz CT molecular complexity index is 969. The van der Waals surface area contributed by atoms with Gasteiger partial charge in [-0.1, -0.05) is 0 Å². The highest BCUT2D eigenvalue weighted by molar-refractivity contribution is 5.96. The van der Waals surface area contributed by atoms with Crippen LogP contribution in [0, 0.1) is 11.3 Å². The first-order valence-electron chi connectivity index (χ1n) is 7.12. The average Bonchev–Trinajstić information content (AvgIpc) is 3.28. The zero-order valence-electron chi connectivity index (χ0n) is 13.5. The van der Waals surface area contributed by atoms with Crippen molar-refractivity contribution < 1.29 is 14.3 Å². The number of carbonyl (C=O) groups excluding carboxylic acids is 1. The van der Waals surface area contributed by atoms with Crippen molar-refractivity contribution in [2.24, 2.45) is 0 Å². The van der Waals surface area contributed by atoms with E-state index in [2.05, 4.69) is 10.1 Å². The molecule has 0 radical (unpaired) electrons. The van der Waals surface area contributed by atoms with Crippen molar-refractivity contribution in [3.8, 4) is 23.2 Å². The van der Waals surface area contributed by atoms with Crippen LogP contribution in [0.2, 0.25) is 0 Å². The Kier molecular flexibility index (Phi) is 4.09. The zero-order chi connectivity index (χ0) is 18.0. The van der Waals surface area contributed by atoms with Crippen LogP contribution in [-0.4, -0.2) is 39.5 Å². The van der Waals surface area contributed by atoms with Crippen molar-refractivity contribution in [1.29, 1.82) is 5.26 Å². The van der Waals surface area contributed by atoms with Gasteiger partial charge in [0.2, 0.25) is 0 Å². The van der Waals surface area contributed by atoms with Crippen LogP contribution in [0.25, 0.3) is 11.4 Å². The summed E-state index contributed by atoms with van der Waals surface area (Å²) in [6.45, 7) is 0. The molecule has 0 fully saturated rings. The Balaban J connectivity index is 2.25. The normalized spacial score (nSPS) is 10.3. The van der Waals surface area contributed by atoms with Crippen LogP contribution in [-0.2, 0) is 4.74 Å². The van der Waals surface area contributed by atoms with Gasteiger partial charge in [-0.15, -0.1) is 0 Å². The van der Waals surface area contributed by atoms with Gasteiger partial charge in [-0.2, -0.15) is 10.4 Å². The molecule has 0 aliphatic heterocycles. The zero-order valence-corrected chi connectivity index (χ0v) is 13.5. The number of nitrogens with zero attached hydrogens (tertiary/aromatic N) is 5. The van der Waals surface area contributed by atoms with Crippen LogP contribution in [0.3, 0.4) is 0 Å². The number of ether oxygens (including phenoxy) is 2. The molecule has 25 heavy (non-hydrogen) atoms. The second-order valence-electron chi connectivity index (χ2n) is 5.01. The van der Waals surface area contributed by atoms with Crippen LogP contribution < -0.4 is 10.5 Å². The number of anilines is 1. The minimum Gasteiger partial charge on any atom is -0.497 e. The third-order valence-corrected chi connectivity index (χ3v) is 3.62. The van der Waals surface area contributed by atoms with Crippen LogP contribution in [0.5, 0.6) is 5.75 Å². The molecule has 2 N–H and O–H groups in total. The molecule has 0 saturated heterocycles. The molecule has 0 unspecified atom stereocenters. The first-order valence-corrected chi connectivity index (χ1v) is 7.12. The monoisotopic (exact) mass is 338 g/mol. The second-order valence-corrected chi connectivity index (χ2v) is 5.01. The Morgan fingerprint density at radius 3 is 2.64 bits per heavy atom. The highest BCUT2D eigenvalue weighted by atomic mass is 16.5. The lowest BCUT2D eigenvalue weighted by molar-refractivity contribution is 0.0593. The van der Waals surface area contributed by atoms with Crippen LogP contribution in [0.4, 0.5) is 5.69 Å². The fraction of sp³-hybridized carbons (Fsp3) is 0.125. The van der Waals surface area contributed by atoms with Crippen LogP contribution in [0.15, 0.2) is 37.1 Å². The quantitative estimate of drug-likeness (QED) is 0.712. The molecular formula is C16H14N6O3. The first-order chi connectivity index (χ1) is 12.1. The SMILES string of the molecule is COC(=O)c1c(N)c(C#N)cn1-c1cc(OC)cc(-n2cncn2)c1. The second kappa shape index (κ2) is 6.37. The van der Waals surface area contributed by atoms with Gasteiger partial charge in [0, 0.05) is 18.3 Å². The summed E-state index contributed by atoms with van der Waals surface area (Å²) in [7, 11) is 2.77. The van der Waals surface area contributed by atoms with Crippen molar-refractivity contribution in [2.75, 3.05) is 20.0 Å². The van der Waals surface area contributed by atoms with Crippen molar-refractivity contribution in [1.82, 2.24) is 19.3 Å². The molecule has 0 atom stereocenters. The summed E-state index contributed by atoms with van der Waals surface area (Å²) in [5.41, 5.74) is 7.44. The van der Waals surface area contributed by atoms with Gasteiger partial charge in [-0.25, -0.2) is 14.5 Å². The van der Waals surface area contributed by atoms with Gasteiger partial charge in [0.25, 0.3) is 0 Å². The van der Waals surface area contributed by atoms with Gasteiger partial charge >= 0.3 is 5.97 Å². The molecule has 3 aromatic rings. The molecule has 2 aromatic heterocycles. The molecule has 0 saturated carbocycles. The van der Waals surface area contributed by atoms with Crippen molar-refractivity contribution in [3.63, 3.8) is 0 Å². The predicted molar refractivity (Wildman–Crippen MR) is 87.7 cm³/mol. The number of hydrogen-bond donors (Lipinski definition) is 1. The maximum absolute atomic E-state index is 12.1. The molecule has 0 aliphatic rings. The summed E-state index contributed by atoms with van der Waals surface area (Å²) in [6.07, 6.45) is 4.41. The first kappa shape index (κ1) is 16.1. The highest BCUT2D eigenvalue weighted by Gasteiger charge is 2.22. The lowest BCUT2D eigenvalue weighted by atomic mass is 10.2. The van der Waals surface area contributed by atoms with Gasteiger partial charge in [0.1, 0.15) is 24.5 Å². The Hall–Kier alpha value is -3.80. The Morgan fingerprint density at radius 1 is 1.28 bits per heavy atom. The number of methoxy groups -OCH3 is 2. The fourth-order valence-electron chi connectivity index (χ4n) is 2.42. The molecule has 1 aromatic carbocycles. The largest absolute Gasteiger partial charge is 0.497 e. The van der Waals surface area contributed by atoms with Crippen molar-refractivity contribution >= 4 is 11.7 Å². The van der Waals surface area contributed by atoms with E-state index in [4.69, 9.17) is 15.2 Å². The van der Waals surface area contributed by atoms with E-state index in [-0.39, 0.29) is 16.9 Å². The lowest BCUT2D eigenvalue weighted by Gasteiger charge is -2.12. The molecule has 0 amide bonds. The third kappa shape index (κ3) is 2.76. The highest BCUT2D eigenvalue weighted by Crippen LogP contribution is 2.28. The molecular weight excluding hydrogens is 324 g/mol. The maximum atomic E-state index is 12.1. The number of hydrogen-bond acceptors (Lipinski definition) is 7. The molecule has 0 spiro atoms. The van der Waals surface area contributed by atoms with E-state index in [1.807, 2.05) is 6.07 Å². The third-order valence-electron chi connectivity index (χ3n) is 3.62. The number of nitriles is 1. The van der Waals surface area contributed by atoms with Gasteiger partial charge in [-0.3, -0.25) is 0 Å². The Labute approximate surface area is 142 Å². The number of rotatable bonds is 4. The van der Waals surface area contributed by atoms with Gasteiger partial charge < -0.3 is 19.8 Å². The van der Waals surface area contributed by atoms with Crippen molar-refractivity contribution in [2.45, 2.75) is 0 Å². The van der Waals surface area contributed by atoms with E-state index in [0.29, 0.717) is 17.1 Å². The summed E-state index contributed by atoms with van der Waals surface area (Å²) in [5, 5.41) is 13.3. The standard InChI is InChI=1S/C16H14N6O3/c1-24-13-4-11(3-12(5-13)22-9-19-8-20-22)21-7-10(6-17)14(18)15(21)16(23)25-2/h3-5,7-9H,18H2,1-2H3. The van der Waals surface area contributed by atoms with E-state index in [9.17, 15) is 10.1 Å². The molecule has 9 nitrogen and oxygen atoms in total. The summed E-state index contributed by atoms with van der Waals surface area (Å²) in [6, 6.07) is 7.18. The van der Waals surface area contributed by atoms with Crippen LogP contribution >= 0.6 is 0 Å². The summed E-state index contributed by atoms with van der Waals surface area (Å²) in [4.78, 5) is 16.0.